The molecule has 5 heteroatoms. The second-order valence-electron chi connectivity index (χ2n) is 3.94. The fourth-order valence-electron chi connectivity index (χ4n) is 1.93. The molecule has 80 valence electrons. The minimum atomic E-state index is 0.780. The lowest BCUT2D eigenvalue weighted by Gasteiger charge is -2.30. The van der Waals surface area contributed by atoms with Gasteiger partial charge in [0.25, 0.3) is 0 Å². The van der Waals surface area contributed by atoms with Gasteiger partial charge in [0, 0.05) is 13.1 Å². The smallest absolute Gasteiger partial charge is 0.168 e. The standard InChI is InChI=1S/C9H18N4S/c14-9-10-7-13(8-11-9)6-5-12-3-1-2-4-12/h1-8H2,(H2,10,11,14). The maximum Gasteiger partial charge on any atom is 0.168 e. The van der Waals surface area contributed by atoms with Gasteiger partial charge in [-0.05, 0) is 38.1 Å². The van der Waals surface area contributed by atoms with Crippen LogP contribution in [-0.4, -0.2) is 54.4 Å². The predicted molar refractivity (Wildman–Crippen MR) is 61.0 cm³/mol. The van der Waals surface area contributed by atoms with Gasteiger partial charge in [0.15, 0.2) is 5.11 Å². The van der Waals surface area contributed by atoms with Crippen LogP contribution in [0.2, 0.25) is 0 Å². The first kappa shape index (κ1) is 10.1. The topological polar surface area (TPSA) is 30.5 Å². The molecular weight excluding hydrogens is 196 g/mol. The molecule has 0 bridgehead atoms. The molecule has 2 fully saturated rings. The fourth-order valence-corrected chi connectivity index (χ4v) is 2.06. The van der Waals surface area contributed by atoms with E-state index in [1.165, 1.54) is 32.5 Å². The summed E-state index contributed by atoms with van der Waals surface area (Å²) in [5.41, 5.74) is 0. The van der Waals surface area contributed by atoms with Crippen LogP contribution in [0.1, 0.15) is 12.8 Å². The molecule has 0 aliphatic carbocycles. The molecule has 4 nitrogen and oxygen atoms in total. The van der Waals surface area contributed by atoms with Crippen LogP contribution in [0.5, 0.6) is 0 Å². The largest absolute Gasteiger partial charge is 0.350 e. The molecule has 0 aromatic carbocycles. The molecule has 2 N–H and O–H groups in total. The molecule has 2 saturated heterocycles. The zero-order chi connectivity index (χ0) is 9.80. The van der Waals surface area contributed by atoms with E-state index in [2.05, 4.69) is 20.4 Å². The number of hydrogen-bond acceptors (Lipinski definition) is 3. The summed E-state index contributed by atoms with van der Waals surface area (Å²) in [7, 11) is 0. The highest BCUT2D eigenvalue weighted by Crippen LogP contribution is 2.06. The van der Waals surface area contributed by atoms with Crippen LogP contribution in [0.4, 0.5) is 0 Å². The van der Waals surface area contributed by atoms with Gasteiger partial charge >= 0.3 is 0 Å². The van der Waals surface area contributed by atoms with Crippen molar-refractivity contribution in [2.45, 2.75) is 12.8 Å². The van der Waals surface area contributed by atoms with Crippen molar-refractivity contribution in [2.24, 2.45) is 0 Å². The second-order valence-corrected chi connectivity index (χ2v) is 4.35. The molecule has 2 rings (SSSR count). The van der Waals surface area contributed by atoms with Gasteiger partial charge in [0.2, 0.25) is 0 Å². The second kappa shape index (κ2) is 4.91. The lowest BCUT2D eigenvalue weighted by atomic mass is 10.4. The van der Waals surface area contributed by atoms with Crippen molar-refractivity contribution in [3.05, 3.63) is 0 Å². The van der Waals surface area contributed by atoms with Crippen molar-refractivity contribution < 1.29 is 0 Å². The van der Waals surface area contributed by atoms with E-state index in [1.54, 1.807) is 0 Å². The van der Waals surface area contributed by atoms with Crippen LogP contribution in [0.3, 0.4) is 0 Å². The third-order valence-electron chi connectivity index (χ3n) is 2.86. The van der Waals surface area contributed by atoms with Crippen molar-refractivity contribution in [1.82, 2.24) is 20.4 Å². The van der Waals surface area contributed by atoms with Crippen LogP contribution in [0.15, 0.2) is 0 Å². The van der Waals surface area contributed by atoms with Crippen molar-refractivity contribution in [3.8, 4) is 0 Å². The molecule has 0 aromatic rings. The van der Waals surface area contributed by atoms with Crippen LogP contribution in [0.25, 0.3) is 0 Å². The maximum absolute atomic E-state index is 4.99. The third-order valence-corrected chi connectivity index (χ3v) is 3.15. The van der Waals surface area contributed by atoms with Crippen LogP contribution < -0.4 is 10.6 Å². The summed E-state index contributed by atoms with van der Waals surface area (Å²) in [5.74, 6) is 0. The minimum absolute atomic E-state index is 0.780. The monoisotopic (exact) mass is 214 g/mol. The highest BCUT2D eigenvalue weighted by molar-refractivity contribution is 7.80. The molecule has 2 heterocycles. The first-order chi connectivity index (χ1) is 6.84. The summed E-state index contributed by atoms with van der Waals surface area (Å²) in [5, 5.41) is 7.05. The number of hydrogen-bond donors (Lipinski definition) is 2. The Morgan fingerprint density at radius 1 is 1.00 bits per heavy atom. The number of thiocarbonyl (C=S) groups is 1. The Labute approximate surface area is 90.6 Å². The average molecular weight is 214 g/mol. The Morgan fingerprint density at radius 3 is 2.21 bits per heavy atom. The predicted octanol–water partition coefficient (Wildman–Crippen LogP) is -0.223. The number of likely N-dealkylation sites (tertiary alicyclic amines) is 1. The van der Waals surface area contributed by atoms with E-state index >= 15 is 0 Å². The van der Waals surface area contributed by atoms with E-state index in [0.717, 1.165) is 25.0 Å². The molecule has 0 amide bonds. The Bertz CT molecular complexity index is 193. The molecule has 0 spiro atoms. The van der Waals surface area contributed by atoms with Gasteiger partial charge in [0.05, 0.1) is 13.3 Å². The molecule has 14 heavy (non-hydrogen) atoms. The van der Waals surface area contributed by atoms with Crippen molar-refractivity contribution in [3.63, 3.8) is 0 Å². The SMILES string of the molecule is S=C1NCN(CCN2CCCC2)CN1. The minimum Gasteiger partial charge on any atom is -0.350 e. The fraction of sp³-hybridized carbons (Fsp3) is 0.889. The first-order valence-electron chi connectivity index (χ1n) is 5.31. The van der Waals surface area contributed by atoms with Gasteiger partial charge in [-0.25, -0.2) is 0 Å². The summed E-state index contributed by atoms with van der Waals surface area (Å²) in [4.78, 5) is 4.88. The Kier molecular flexibility index (Phi) is 3.55. The maximum atomic E-state index is 4.99. The van der Waals surface area contributed by atoms with Gasteiger partial charge in [-0.2, -0.15) is 0 Å². The Hall–Kier alpha value is -0.390. The van der Waals surface area contributed by atoms with Crippen molar-refractivity contribution in [1.29, 1.82) is 0 Å². The molecule has 2 aliphatic rings. The van der Waals surface area contributed by atoms with Crippen LogP contribution in [-0.2, 0) is 0 Å². The van der Waals surface area contributed by atoms with Crippen molar-refractivity contribution >= 4 is 17.3 Å². The quantitative estimate of drug-likeness (QED) is 0.634. The van der Waals surface area contributed by atoms with Gasteiger partial charge in [-0.1, -0.05) is 0 Å². The third kappa shape index (κ3) is 2.80. The van der Waals surface area contributed by atoms with Gasteiger partial charge in [0.1, 0.15) is 0 Å². The number of nitrogens with zero attached hydrogens (tertiary/aromatic N) is 2. The zero-order valence-corrected chi connectivity index (χ0v) is 9.28. The molecule has 0 aromatic heterocycles. The number of rotatable bonds is 3. The number of nitrogens with one attached hydrogen (secondary N) is 2. The van der Waals surface area contributed by atoms with E-state index in [9.17, 15) is 0 Å². The zero-order valence-electron chi connectivity index (χ0n) is 8.46. The molecule has 0 radical (unpaired) electrons. The summed E-state index contributed by atoms with van der Waals surface area (Å²) in [6.07, 6.45) is 2.75. The summed E-state index contributed by atoms with van der Waals surface area (Å²) in [6.45, 7) is 6.66. The summed E-state index contributed by atoms with van der Waals surface area (Å²) >= 11 is 4.99. The summed E-state index contributed by atoms with van der Waals surface area (Å²) < 4.78 is 0. The van der Waals surface area contributed by atoms with Crippen molar-refractivity contribution in [2.75, 3.05) is 39.5 Å². The Balaban J connectivity index is 1.63. The average Bonchev–Trinajstić information content (AvgIpc) is 2.70. The highest BCUT2D eigenvalue weighted by Gasteiger charge is 2.15. The summed E-state index contributed by atoms with van der Waals surface area (Å²) in [6, 6.07) is 0. The van der Waals surface area contributed by atoms with Gasteiger partial charge in [-0.15, -0.1) is 0 Å². The van der Waals surface area contributed by atoms with Crippen LogP contribution in [0, 0.1) is 0 Å². The normalized spacial score (nSPS) is 24.7. The lowest BCUT2D eigenvalue weighted by Crippen LogP contribution is -2.55. The van der Waals surface area contributed by atoms with E-state index in [-0.39, 0.29) is 0 Å². The van der Waals surface area contributed by atoms with Gasteiger partial charge < -0.3 is 15.5 Å². The molecule has 0 saturated carbocycles. The molecule has 0 atom stereocenters. The van der Waals surface area contributed by atoms with E-state index in [1.807, 2.05) is 0 Å². The van der Waals surface area contributed by atoms with Crippen LogP contribution >= 0.6 is 12.2 Å². The van der Waals surface area contributed by atoms with E-state index < -0.39 is 0 Å². The van der Waals surface area contributed by atoms with Gasteiger partial charge in [-0.3, -0.25) is 4.90 Å². The highest BCUT2D eigenvalue weighted by atomic mass is 32.1. The molecule has 0 unspecified atom stereocenters. The Morgan fingerprint density at radius 2 is 1.57 bits per heavy atom. The van der Waals surface area contributed by atoms with E-state index in [0.29, 0.717) is 0 Å². The van der Waals surface area contributed by atoms with E-state index in [4.69, 9.17) is 12.2 Å². The molecule has 2 aliphatic heterocycles. The first-order valence-corrected chi connectivity index (χ1v) is 5.72. The lowest BCUT2D eigenvalue weighted by molar-refractivity contribution is 0.206. The molecular formula is C9H18N4S.